The van der Waals surface area contributed by atoms with Gasteiger partial charge in [-0.15, -0.1) is 0 Å². The number of nitrogens with two attached hydrogens (primary N) is 1. The van der Waals surface area contributed by atoms with E-state index >= 15 is 0 Å². The minimum atomic E-state index is 0.167. The maximum absolute atomic E-state index is 5.82. The van der Waals surface area contributed by atoms with Crippen LogP contribution >= 0.6 is 0 Å². The Balaban J connectivity index is 1.58. The summed E-state index contributed by atoms with van der Waals surface area (Å²) in [6.45, 7) is 4.25. The molecule has 1 aliphatic carbocycles. The van der Waals surface area contributed by atoms with Crippen LogP contribution in [0.3, 0.4) is 0 Å². The molecular formula is C17H28N4. The van der Waals surface area contributed by atoms with Crippen molar-refractivity contribution in [2.45, 2.75) is 64.3 Å². The zero-order valence-electron chi connectivity index (χ0n) is 13.2. The van der Waals surface area contributed by atoms with E-state index in [0.717, 1.165) is 31.0 Å². The second-order valence-electron chi connectivity index (χ2n) is 7.12. The number of aromatic nitrogens is 2. The van der Waals surface area contributed by atoms with Crippen molar-refractivity contribution in [2.75, 3.05) is 18.0 Å². The highest BCUT2D eigenvalue weighted by Gasteiger charge is 2.35. The van der Waals surface area contributed by atoms with Crippen LogP contribution in [0.2, 0.25) is 0 Å². The fourth-order valence-corrected chi connectivity index (χ4v) is 3.97. The molecule has 1 spiro atoms. The van der Waals surface area contributed by atoms with Gasteiger partial charge in [0.1, 0.15) is 0 Å². The van der Waals surface area contributed by atoms with Crippen LogP contribution in [0.4, 0.5) is 5.95 Å². The summed E-state index contributed by atoms with van der Waals surface area (Å²) in [5.41, 5.74) is 7.59. The third-order valence-electron chi connectivity index (χ3n) is 5.27. The van der Waals surface area contributed by atoms with E-state index in [4.69, 9.17) is 5.73 Å². The summed E-state index contributed by atoms with van der Waals surface area (Å²) >= 11 is 0. The van der Waals surface area contributed by atoms with Crippen molar-refractivity contribution < 1.29 is 0 Å². The first-order chi connectivity index (χ1) is 10.2. The minimum absolute atomic E-state index is 0.167. The molecule has 1 aromatic rings. The number of nitrogens with zero attached hydrogens (tertiary/aromatic N) is 3. The third kappa shape index (κ3) is 3.54. The smallest absolute Gasteiger partial charge is 0.225 e. The monoisotopic (exact) mass is 288 g/mol. The molecule has 0 radical (unpaired) electrons. The Kier molecular flexibility index (Phi) is 4.43. The number of hydrogen-bond acceptors (Lipinski definition) is 4. The van der Waals surface area contributed by atoms with Crippen molar-refractivity contribution in [3.63, 3.8) is 0 Å². The molecule has 2 fully saturated rings. The lowest BCUT2D eigenvalue weighted by atomic mass is 9.68. The third-order valence-corrected chi connectivity index (χ3v) is 5.27. The van der Waals surface area contributed by atoms with Crippen LogP contribution in [-0.4, -0.2) is 29.1 Å². The lowest BCUT2D eigenvalue weighted by Crippen LogP contribution is -2.41. The maximum Gasteiger partial charge on any atom is 0.225 e. The largest absolute Gasteiger partial charge is 0.341 e. The zero-order valence-corrected chi connectivity index (χ0v) is 13.2. The van der Waals surface area contributed by atoms with E-state index in [-0.39, 0.29) is 6.04 Å². The minimum Gasteiger partial charge on any atom is -0.341 e. The molecule has 21 heavy (non-hydrogen) atoms. The first-order valence-electron chi connectivity index (χ1n) is 8.48. The van der Waals surface area contributed by atoms with Crippen molar-refractivity contribution >= 4 is 5.95 Å². The summed E-state index contributed by atoms with van der Waals surface area (Å²) in [5.74, 6) is 0.897. The van der Waals surface area contributed by atoms with E-state index in [0.29, 0.717) is 5.41 Å². The SMILES string of the molecule is CC(N)Cc1cnc(N2CCC3(CCCCC3)CC2)nc1. The van der Waals surface area contributed by atoms with Gasteiger partial charge in [-0.05, 0) is 50.0 Å². The van der Waals surface area contributed by atoms with Gasteiger partial charge in [-0.25, -0.2) is 9.97 Å². The number of rotatable bonds is 3. The summed E-state index contributed by atoms with van der Waals surface area (Å²) < 4.78 is 0. The van der Waals surface area contributed by atoms with Crippen LogP contribution in [0.1, 0.15) is 57.4 Å². The molecule has 2 N–H and O–H groups in total. The van der Waals surface area contributed by atoms with Crippen molar-refractivity contribution in [1.29, 1.82) is 0 Å². The molecule has 2 heterocycles. The molecular weight excluding hydrogens is 260 g/mol. The summed E-state index contributed by atoms with van der Waals surface area (Å²) in [6.07, 6.45) is 14.6. The average molecular weight is 288 g/mol. The fraction of sp³-hybridized carbons (Fsp3) is 0.765. The molecule has 1 saturated carbocycles. The Morgan fingerprint density at radius 1 is 1.10 bits per heavy atom. The fourth-order valence-electron chi connectivity index (χ4n) is 3.97. The molecule has 4 nitrogen and oxygen atoms in total. The van der Waals surface area contributed by atoms with Crippen molar-refractivity contribution in [3.05, 3.63) is 18.0 Å². The van der Waals surface area contributed by atoms with Gasteiger partial charge in [0.05, 0.1) is 0 Å². The maximum atomic E-state index is 5.82. The standard InChI is InChI=1S/C17H28N4/c1-14(18)11-15-12-19-16(20-13-15)21-9-7-17(8-10-21)5-3-2-4-6-17/h12-14H,2-11,18H2,1H3. The van der Waals surface area contributed by atoms with Gasteiger partial charge in [-0.3, -0.25) is 0 Å². The van der Waals surface area contributed by atoms with Crippen molar-refractivity contribution in [2.24, 2.45) is 11.1 Å². The molecule has 4 heteroatoms. The second kappa shape index (κ2) is 6.30. The summed E-state index contributed by atoms with van der Waals surface area (Å²) in [4.78, 5) is 11.5. The lowest BCUT2D eigenvalue weighted by molar-refractivity contribution is 0.144. The average Bonchev–Trinajstić information content (AvgIpc) is 2.49. The van der Waals surface area contributed by atoms with E-state index in [1.807, 2.05) is 19.3 Å². The van der Waals surface area contributed by atoms with Gasteiger partial charge < -0.3 is 10.6 Å². The van der Waals surface area contributed by atoms with Crippen LogP contribution in [0, 0.1) is 5.41 Å². The molecule has 1 aliphatic heterocycles. The molecule has 1 unspecified atom stereocenters. The van der Waals surface area contributed by atoms with Gasteiger partial charge >= 0.3 is 0 Å². The first kappa shape index (κ1) is 14.8. The van der Waals surface area contributed by atoms with Crippen molar-refractivity contribution in [1.82, 2.24) is 9.97 Å². The van der Waals surface area contributed by atoms with Gasteiger partial charge in [0.2, 0.25) is 5.95 Å². The van der Waals surface area contributed by atoms with Crippen LogP contribution < -0.4 is 10.6 Å². The molecule has 1 atom stereocenters. The van der Waals surface area contributed by atoms with Gasteiger partial charge in [0, 0.05) is 31.5 Å². The number of anilines is 1. The Labute approximate surface area is 128 Å². The van der Waals surface area contributed by atoms with Crippen LogP contribution in [0.25, 0.3) is 0 Å². The Bertz CT molecular complexity index is 438. The predicted octanol–water partition coefficient (Wildman–Crippen LogP) is 2.92. The predicted molar refractivity (Wildman–Crippen MR) is 86.4 cm³/mol. The zero-order chi connectivity index (χ0) is 14.7. The van der Waals surface area contributed by atoms with E-state index < -0.39 is 0 Å². The Morgan fingerprint density at radius 2 is 1.71 bits per heavy atom. The van der Waals surface area contributed by atoms with E-state index in [2.05, 4.69) is 14.9 Å². The van der Waals surface area contributed by atoms with Crippen molar-refractivity contribution in [3.8, 4) is 0 Å². The van der Waals surface area contributed by atoms with Gasteiger partial charge in [0.15, 0.2) is 0 Å². The quantitative estimate of drug-likeness (QED) is 0.929. The van der Waals surface area contributed by atoms with Crippen LogP contribution in [0.15, 0.2) is 12.4 Å². The van der Waals surface area contributed by atoms with E-state index in [1.165, 1.54) is 44.9 Å². The molecule has 3 rings (SSSR count). The summed E-state index contributed by atoms with van der Waals surface area (Å²) in [5, 5.41) is 0. The van der Waals surface area contributed by atoms with Crippen LogP contribution in [0.5, 0.6) is 0 Å². The highest BCUT2D eigenvalue weighted by molar-refractivity contribution is 5.31. The lowest BCUT2D eigenvalue weighted by Gasteiger charge is -2.44. The molecule has 0 amide bonds. The molecule has 2 aliphatic rings. The van der Waals surface area contributed by atoms with Gasteiger partial charge in [-0.1, -0.05) is 19.3 Å². The number of piperidine rings is 1. The second-order valence-corrected chi connectivity index (χ2v) is 7.12. The first-order valence-corrected chi connectivity index (χ1v) is 8.48. The van der Waals surface area contributed by atoms with Gasteiger partial charge in [-0.2, -0.15) is 0 Å². The van der Waals surface area contributed by atoms with Crippen LogP contribution in [-0.2, 0) is 6.42 Å². The highest BCUT2D eigenvalue weighted by atomic mass is 15.2. The molecule has 116 valence electrons. The summed E-state index contributed by atoms with van der Waals surface area (Å²) in [7, 11) is 0. The number of hydrogen-bond donors (Lipinski definition) is 1. The van der Waals surface area contributed by atoms with E-state index in [9.17, 15) is 0 Å². The molecule has 1 aromatic heterocycles. The normalized spacial score (nSPS) is 23.2. The molecule has 0 aromatic carbocycles. The Hall–Kier alpha value is -1.16. The highest BCUT2D eigenvalue weighted by Crippen LogP contribution is 2.44. The molecule has 0 bridgehead atoms. The Morgan fingerprint density at radius 3 is 2.29 bits per heavy atom. The molecule has 1 saturated heterocycles. The van der Waals surface area contributed by atoms with Gasteiger partial charge in [0.25, 0.3) is 0 Å². The topological polar surface area (TPSA) is 55.0 Å². The summed E-state index contributed by atoms with van der Waals surface area (Å²) in [6, 6.07) is 0.167. The van der Waals surface area contributed by atoms with E-state index in [1.54, 1.807) is 0 Å².